The van der Waals surface area contributed by atoms with Gasteiger partial charge in [-0.1, -0.05) is 0 Å². The highest BCUT2D eigenvalue weighted by molar-refractivity contribution is 7.92. The van der Waals surface area contributed by atoms with Crippen molar-refractivity contribution in [2.24, 2.45) is 0 Å². The first kappa shape index (κ1) is 15.2. The molecule has 0 aliphatic rings. The number of nitrogen functional groups attached to an aromatic ring is 2. The van der Waals surface area contributed by atoms with E-state index in [0.717, 1.165) is 0 Å². The fourth-order valence-corrected chi connectivity index (χ4v) is 2.16. The van der Waals surface area contributed by atoms with Crippen molar-refractivity contribution < 1.29 is 8.42 Å². The van der Waals surface area contributed by atoms with Crippen LogP contribution in [0, 0.1) is 0 Å². The number of sulfone groups is 1. The maximum absolute atomic E-state index is 11.8. The normalized spacial score (nSPS) is 12.5. The lowest BCUT2D eigenvalue weighted by Gasteiger charge is -2.22. The van der Waals surface area contributed by atoms with E-state index in [9.17, 15) is 8.42 Å². The number of anilines is 2. The highest BCUT2D eigenvalue weighted by atomic mass is 32.2. The number of nitrogens with zero attached hydrogens (tertiary/aromatic N) is 4. The Morgan fingerprint density at radius 1 is 1.19 bits per heavy atom. The van der Waals surface area contributed by atoms with E-state index in [0.29, 0.717) is 22.8 Å². The van der Waals surface area contributed by atoms with Crippen molar-refractivity contribution in [1.82, 2.24) is 20.2 Å². The fraction of sp³-hybridized carbons (Fsp3) is 0.417. The van der Waals surface area contributed by atoms with E-state index in [1.807, 2.05) is 0 Å². The first-order valence-corrected chi connectivity index (χ1v) is 8.11. The van der Waals surface area contributed by atoms with Gasteiger partial charge in [0.05, 0.1) is 11.3 Å². The van der Waals surface area contributed by atoms with Crippen LogP contribution in [0.1, 0.15) is 13.8 Å². The summed E-state index contributed by atoms with van der Waals surface area (Å²) >= 11 is 0. The molecule has 1 aromatic heterocycles. The summed E-state index contributed by atoms with van der Waals surface area (Å²) in [6.45, 7) is 3.38. The predicted octanol–water partition coefficient (Wildman–Crippen LogP) is 0.328. The summed E-state index contributed by atoms with van der Waals surface area (Å²) < 4.78 is 24.1. The minimum absolute atomic E-state index is 0.128. The van der Waals surface area contributed by atoms with E-state index in [-0.39, 0.29) is 6.54 Å². The van der Waals surface area contributed by atoms with Crippen LogP contribution in [0.15, 0.2) is 18.2 Å². The summed E-state index contributed by atoms with van der Waals surface area (Å²) in [6.07, 6.45) is 1.19. The second-order valence-corrected chi connectivity index (χ2v) is 8.23. The molecule has 2 rings (SSSR count). The molecular formula is C12H18N6O2S. The highest BCUT2D eigenvalue weighted by Crippen LogP contribution is 2.25. The van der Waals surface area contributed by atoms with E-state index in [4.69, 9.17) is 11.5 Å². The molecule has 0 unspecified atom stereocenters. The van der Waals surface area contributed by atoms with Crippen LogP contribution in [0.2, 0.25) is 0 Å². The minimum atomic E-state index is -3.26. The number of tetrazole rings is 1. The van der Waals surface area contributed by atoms with Crippen molar-refractivity contribution in [2.75, 3.05) is 17.7 Å². The predicted molar refractivity (Wildman–Crippen MR) is 81.0 cm³/mol. The van der Waals surface area contributed by atoms with Gasteiger partial charge in [-0.25, -0.2) is 13.1 Å². The molecule has 1 aromatic carbocycles. The van der Waals surface area contributed by atoms with Crippen molar-refractivity contribution in [3.8, 4) is 11.4 Å². The average Bonchev–Trinajstić information content (AvgIpc) is 2.73. The number of hydrogen-bond donors (Lipinski definition) is 2. The number of aromatic nitrogens is 4. The monoisotopic (exact) mass is 310 g/mol. The van der Waals surface area contributed by atoms with Gasteiger partial charge in [0.2, 0.25) is 0 Å². The van der Waals surface area contributed by atoms with E-state index >= 15 is 0 Å². The number of benzene rings is 1. The summed E-state index contributed by atoms with van der Waals surface area (Å²) in [7, 11) is -3.26. The van der Waals surface area contributed by atoms with Crippen LogP contribution >= 0.6 is 0 Å². The third kappa shape index (κ3) is 3.13. The molecule has 0 bridgehead atoms. The van der Waals surface area contributed by atoms with Gasteiger partial charge in [0.15, 0.2) is 15.7 Å². The number of rotatable bonds is 4. The van der Waals surface area contributed by atoms with Crippen LogP contribution in [-0.2, 0) is 16.4 Å². The van der Waals surface area contributed by atoms with Crippen molar-refractivity contribution >= 4 is 21.2 Å². The second-order valence-electron chi connectivity index (χ2n) is 5.58. The van der Waals surface area contributed by atoms with E-state index < -0.39 is 14.6 Å². The number of nitrogens with two attached hydrogens (primary N) is 2. The molecule has 0 atom stereocenters. The molecule has 8 nitrogen and oxygen atoms in total. The quantitative estimate of drug-likeness (QED) is 0.778. The summed E-state index contributed by atoms with van der Waals surface area (Å²) in [5.74, 6) is 0.422. The minimum Gasteiger partial charge on any atom is -0.399 e. The van der Waals surface area contributed by atoms with Crippen molar-refractivity contribution in [3.05, 3.63) is 18.2 Å². The molecule has 0 amide bonds. The highest BCUT2D eigenvalue weighted by Gasteiger charge is 2.32. The Labute approximate surface area is 123 Å². The first-order chi connectivity index (χ1) is 9.60. The second kappa shape index (κ2) is 4.99. The summed E-state index contributed by atoms with van der Waals surface area (Å²) in [5.41, 5.74) is 13.1. The van der Waals surface area contributed by atoms with Gasteiger partial charge in [0.1, 0.15) is 0 Å². The van der Waals surface area contributed by atoms with Crippen LogP contribution in [0.5, 0.6) is 0 Å². The zero-order chi connectivity index (χ0) is 15.8. The van der Waals surface area contributed by atoms with Gasteiger partial charge < -0.3 is 11.5 Å². The molecule has 0 saturated carbocycles. The zero-order valence-corrected chi connectivity index (χ0v) is 12.9. The van der Waals surface area contributed by atoms with Crippen LogP contribution in [0.25, 0.3) is 11.4 Å². The summed E-state index contributed by atoms with van der Waals surface area (Å²) in [4.78, 5) is 0. The summed E-state index contributed by atoms with van der Waals surface area (Å²) in [5, 5.41) is 11.4. The molecular weight excluding hydrogens is 292 g/mol. The Kier molecular flexibility index (Phi) is 3.62. The maximum atomic E-state index is 11.8. The third-order valence-electron chi connectivity index (χ3n) is 3.30. The molecule has 0 aliphatic heterocycles. The first-order valence-electron chi connectivity index (χ1n) is 6.22. The van der Waals surface area contributed by atoms with E-state index in [1.165, 1.54) is 10.9 Å². The molecule has 1 heterocycles. The van der Waals surface area contributed by atoms with E-state index in [1.54, 1.807) is 32.0 Å². The SMILES string of the molecule is CC(C)(Cn1nnnc1-c1cc(N)cc(N)c1)S(C)(=O)=O. The number of hydrogen-bond acceptors (Lipinski definition) is 7. The zero-order valence-electron chi connectivity index (χ0n) is 12.1. The molecule has 0 aliphatic carbocycles. The molecule has 21 heavy (non-hydrogen) atoms. The Morgan fingerprint density at radius 2 is 1.76 bits per heavy atom. The van der Waals surface area contributed by atoms with Crippen LogP contribution < -0.4 is 11.5 Å². The lowest BCUT2D eigenvalue weighted by Crippen LogP contribution is -2.36. The Hall–Kier alpha value is -2.16. The standard InChI is InChI=1S/C12H18N6O2S/c1-12(2,21(3,19)20)7-18-11(15-16-17-18)8-4-9(13)6-10(14)5-8/h4-6H,7,13-14H2,1-3H3. The lowest BCUT2D eigenvalue weighted by molar-refractivity contribution is 0.471. The van der Waals surface area contributed by atoms with Crippen LogP contribution in [0.3, 0.4) is 0 Å². The molecule has 0 radical (unpaired) electrons. The van der Waals surface area contributed by atoms with Gasteiger partial charge in [0, 0.05) is 23.2 Å². The molecule has 4 N–H and O–H groups in total. The maximum Gasteiger partial charge on any atom is 0.182 e. The molecule has 114 valence electrons. The smallest absolute Gasteiger partial charge is 0.182 e. The van der Waals surface area contributed by atoms with E-state index in [2.05, 4.69) is 15.5 Å². The lowest BCUT2D eigenvalue weighted by atomic mass is 10.1. The molecule has 9 heteroatoms. The summed E-state index contributed by atoms with van der Waals surface area (Å²) in [6, 6.07) is 5.00. The molecule has 0 spiro atoms. The Bertz CT molecular complexity index is 746. The van der Waals surface area contributed by atoms with Crippen molar-refractivity contribution in [3.63, 3.8) is 0 Å². The van der Waals surface area contributed by atoms with Gasteiger partial charge in [-0.15, -0.1) is 5.10 Å². The molecule has 0 fully saturated rings. The van der Waals surface area contributed by atoms with Gasteiger partial charge in [0.25, 0.3) is 0 Å². The van der Waals surface area contributed by atoms with Gasteiger partial charge >= 0.3 is 0 Å². The topological polar surface area (TPSA) is 130 Å². The Balaban J connectivity index is 2.44. The van der Waals surface area contributed by atoms with Gasteiger partial charge in [-0.2, -0.15) is 0 Å². The van der Waals surface area contributed by atoms with Gasteiger partial charge in [-0.3, -0.25) is 0 Å². The third-order valence-corrected chi connectivity index (χ3v) is 5.44. The van der Waals surface area contributed by atoms with Crippen LogP contribution in [-0.4, -0.2) is 39.6 Å². The fourth-order valence-electron chi connectivity index (χ4n) is 1.80. The average molecular weight is 310 g/mol. The van der Waals surface area contributed by atoms with Crippen molar-refractivity contribution in [1.29, 1.82) is 0 Å². The largest absolute Gasteiger partial charge is 0.399 e. The molecule has 0 saturated heterocycles. The van der Waals surface area contributed by atoms with Crippen molar-refractivity contribution in [2.45, 2.75) is 25.1 Å². The van der Waals surface area contributed by atoms with Crippen LogP contribution in [0.4, 0.5) is 11.4 Å². The molecule has 2 aromatic rings. The Morgan fingerprint density at radius 3 is 2.29 bits per heavy atom. The van der Waals surface area contributed by atoms with Gasteiger partial charge in [-0.05, 0) is 42.5 Å².